The van der Waals surface area contributed by atoms with E-state index in [9.17, 15) is 14.8 Å². The van der Waals surface area contributed by atoms with Gasteiger partial charge in [-0.1, -0.05) is 0 Å². The van der Waals surface area contributed by atoms with Crippen LogP contribution in [0.1, 0.15) is 23.0 Å². The molecule has 2 heterocycles. The van der Waals surface area contributed by atoms with Crippen LogP contribution in [0.3, 0.4) is 0 Å². The van der Waals surface area contributed by atoms with Gasteiger partial charge in [-0.05, 0) is 62.3 Å². The van der Waals surface area contributed by atoms with Crippen LogP contribution in [0.25, 0.3) is 32.6 Å². The lowest BCUT2D eigenvalue weighted by Gasteiger charge is -2.18. The number of benzene rings is 2. The van der Waals surface area contributed by atoms with Crippen LogP contribution >= 0.6 is 0 Å². The number of carbonyl (C=O) groups is 2. The maximum Gasteiger partial charge on any atom is 0.308 e. The zero-order valence-electron chi connectivity index (χ0n) is 18.8. The lowest BCUT2D eigenvalue weighted by atomic mass is 10.00. The predicted molar refractivity (Wildman–Crippen MR) is 123 cm³/mol. The Bertz CT molecular complexity index is 1370. The van der Waals surface area contributed by atoms with Gasteiger partial charge in [-0.3, -0.25) is 19.8 Å². The summed E-state index contributed by atoms with van der Waals surface area (Å²) in [6.45, 7) is 4.07. The Morgan fingerprint density at radius 3 is 2.50 bits per heavy atom. The summed E-state index contributed by atoms with van der Waals surface area (Å²) in [5.74, 6) is -0.468. The third-order valence-electron chi connectivity index (χ3n) is 5.71. The summed E-state index contributed by atoms with van der Waals surface area (Å²) >= 11 is 0. The van der Waals surface area contributed by atoms with Crippen molar-refractivity contribution in [2.24, 2.45) is 7.05 Å². The second kappa shape index (κ2) is 8.22. The molecule has 0 unspecified atom stereocenters. The number of aromatic nitrogens is 2. The summed E-state index contributed by atoms with van der Waals surface area (Å²) < 4.78 is 7.37. The SMILES string of the molecule is CC(=O)Oc1ccc2c(c1)c1cc3c(C(=O)N(O)CCN(C)C)nccc3c(C)c1n2C. The molecule has 2 aromatic carbocycles. The topological polar surface area (TPSA) is 87.9 Å². The van der Waals surface area contributed by atoms with Gasteiger partial charge in [-0.15, -0.1) is 0 Å². The maximum atomic E-state index is 13.0. The smallest absolute Gasteiger partial charge is 0.308 e. The highest BCUT2D eigenvalue weighted by Gasteiger charge is 2.21. The number of rotatable bonds is 5. The van der Waals surface area contributed by atoms with Crippen molar-refractivity contribution in [3.63, 3.8) is 0 Å². The molecule has 1 N–H and O–H groups in total. The molecule has 8 nitrogen and oxygen atoms in total. The standard InChI is InChI=1S/C24H26N4O4/c1-14-17-8-9-25-22(24(30)28(31)11-10-26(3)4)19(17)13-20-18-12-16(32-15(2)29)6-7-21(18)27(5)23(14)20/h6-9,12-13,31H,10-11H2,1-5H3. The van der Waals surface area contributed by atoms with E-state index in [-0.39, 0.29) is 18.2 Å². The average Bonchev–Trinajstić information content (AvgIpc) is 3.02. The molecule has 2 aromatic heterocycles. The first-order valence-corrected chi connectivity index (χ1v) is 10.3. The maximum absolute atomic E-state index is 13.0. The summed E-state index contributed by atoms with van der Waals surface area (Å²) in [6.07, 6.45) is 1.59. The average molecular weight is 434 g/mol. The summed E-state index contributed by atoms with van der Waals surface area (Å²) in [6, 6.07) is 9.32. The normalized spacial score (nSPS) is 11.6. The van der Waals surface area contributed by atoms with Crippen LogP contribution in [-0.2, 0) is 11.8 Å². The lowest BCUT2D eigenvalue weighted by Crippen LogP contribution is -2.34. The molecule has 0 saturated heterocycles. The highest BCUT2D eigenvalue weighted by molar-refractivity contribution is 6.17. The Morgan fingerprint density at radius 2 is 1.81 bits per heavy atom. The fourth-order valence-electron chi connectivity index (χ4n) is 4.19. The molecule has 4 rings (SSSR count). The molecular weight excluding hydrogens is 408 g/mol. The largest absolute Gasteiger partial charge is 0.427 e. The van der Waals surface area contributed by atoms with E-state index in [1.165, 1.54) is 6.92 Å². The predicted octanol–water partition coefficient (Wildman–Crippen LogP) is 3.51. The number of hydroxylamine groups is 2. The molecule has 0 bridgehead atoms. The third kappa shape index (κ3) is 3.68. The molecule has 4 aromatic rings. The minimum Gasteiger partial charge on any atom is -0.427 e. The van der Waals surface area contributed by atoms with Gasteiger partial charge in [0.2, 0.25) is 0 Å². The molecule has 32 heavy (non-hydrogen) atoms. The molecule has 0 fully saturated rings. The fraction of sp³-hybridized carbons (Fsp3) is 0.292. The number of hydrogen-bond acceptors (Lipinski definition) is 6. The molecule has 0 radical (unpaired) electrons. The fourth-order valence-corrected chi connectivity index (χ4v) is 4.19. The van der Waals surface area contributed by atoms with Crippen molar-refractivity contribution in [3.8, 4) is 5.75 Å². The Kier molecular flexibility index (Phi) is 5.58. The number of likely N-dealkylation sites (N-methyl/N-ethyl adjacent to an activating group) is 1. The Balaban J connectivity index is 1.94. The van der Waals surface area contributed by atoms with Crippen molar-refractivity contribution in [2.45, 2.75) is 13.8 Å². The van der Waals surface area contributed by atoms with Gasteiger partial charge >= 0.3 is 5.97 Å². The highest BCUT2D eigenvalue weighted by Crippen LogP contribution is 2.37. The Labute approximate surface area is 185 Å². The van der Waals surface area contributed by atoms with E-state index < -0.39 is 5.91 Å². The number of esters is 1. The van der Waals surface area contributed by atoms with Crippen LogP contribution in [0, 0.1) is 6.92 Å². The summed E-state index contributed by atoms with van der Waals surface area (Å²) in [5.41, 5.74) is 3.19. The molecule has 0 spiro atoms. The van der Waals surface area contributed by atoms with E-state index >= 15 is 0 Å². The van der Waals surface area contributed by atoms with Crippen LogP contribution in [0.15, 0.2) is 36.5 Å². The van der Waals surface area contributed by atoms with E-state index in [0.717, 1.165) is 32.8 Å². The van der Waals surface area contributed by atoms with E-state index in [4.69, 9.17) is 4.74 Å². The first-order chi connectivity index (χ1) is 15.2. The van der Waals surface area contributed by atoms with E-state index in [0.29, 0.717) is 22.7 Å². The van der Waals surface area contributed by atoms with Gasteiger partial charge < -0.3 is 14.2 Å². The van der Waals surface area contributed by atoms with Gasteiger partial charge in [-0.2, -0.15) is 0 Å². The quantitative estimate of drug-likeness (QED) is 0.224. The van der Waals surface area contributed by atoms with E-state index in [2.05, 4.69) is 9.55 Å². The van der Waals surface area contributed by atoms with E-state index in [1.807, 2.05) is 57.2 Å². The van der Waals surface area contributed by atoms with Crippen LogP contribution in [0.2, 0.25) is 0 Å². The molecule has 8 heteroatoms. The van der Waals surface area contributed by atoms with Crippen molar-refractivity contribution in [2.75, 3.05) is 27.2 Å². The minimum atomic E-state index is -0.544. The third-order valence-corrected chi connectivity index (χ3v) is 5.71. The van der Waals surface area contributed by atoms with Crippen LogP contribution in [0.5, 0.6) is 5.75 Å². The molecule has 0 saturated carbocycles. The van der Waals surface area contributed by atoms with Crippen LogP contribution < -0.4 is 4.74 Å². The number of amides is 1. The van der Waals surface area contributed by atoms with E-state index in [1.54, 1.807) is 12.3 Å². The van der Waals surface area contributed by atoms with Gasteiger partial charge in [0.1, 0.15) is 11.4 Å². The van der Waals surface area contributed by atoms with Gasteiger partial charge in [0, 0.05) is 48.4 Å². The first-order valence-electron chi connectivity index (χ1n) is 10.3. The number of pyridine rings is 1. The molecule has 0 aliphatic heterocycles. The van der Waals surface area contributed by atoms with Gasteiger partial charge in [0.25, 0.3) is 5.91 Å². The zero-order chi connectivity index (χ0) is 23.2. The highest BCUT2D eigenvalue weighted by atomic mass is 16.5. The van der Waals surface area contributed by atoms with Crippen LogP contribution in [0.4, 0.5) is 0 Å². The molecule has 0 atom stereocenters. The van der Waals surface area contributed by atoms with Crippen LogP contribution in [-0.4, -0.2) is 63.8 Å². The minimum absolute atomic E-state index is 0.172. The number of nitrogens with zero attached hydrogens (tertiary/aromatic N) is 4. The first kappa shape index (κ1) is 21.7. The summed E-state index contributed by atoms with van der Waals surface area (Å²) in [7, 11) is 5.73. The molecule has 0 aliphatic carbocycles. The van der Waals surface area contributed by atoms with Crippen molar-refractivity contribution in [3.05, 3.63) is 47.8 Å². The Morgan fingerprint density at radius 1 is 1.06 bits per heavy atom. The molecule has 1 amide bonds. The molecule has 0 aliphatic rings. The number of hydrogen-bond donors (Lipinski definition) is 1. The van der Waals surface area contributed by atoms with Gasteiger partial charge in [0.05, 0.1) is 12.1 Å². The summed E-state index contributed by atoms with van der Waals surface area (Å²) in [4.78, 5) is 30.6. The number of ether oxygens (including phenoxy) is 1. The summed E-state index contributed by atoms with van der Waals surface area (Å²) in [5, 5.41) is 14.4. The lowest BCUT2D eigenvalue weighted by molar-refractivity contribution is -0.131. The number of aryl methyl sites for hydroxylation is 2. The van der Waals surface area contributed by atoms with Crippen molar-refractivity contribution >= 4 is 44.5 Å². The molecular formula is C24H26N4O4. The van der Waals surface area contributed by atoms with Gasteiger partial charge in [-0.25, -0.2) is 5.06 Å². The monoisotopic (exact) mass is 434 g/mol. The number of fused-ring (bicyclic) bond motifs is 4. The second-order valence-corrected chi connectivity index (χ2v) is 8.22. The van der Waals surface area contributed by atoms with Crippen molar-refractivity contribution in [1.82, 2.24) is 19.5 Å². The van der Waals surface area contributed by atoms with Crippen molar-refractivity contribution in [1.29, 1.82) is 0 Å². The second-order valence-electron chi connectivity index (χ2n) is 8.22. The number of carbonyl (C=O) groups excluding carboxylic acids is 2. The molecule has 166 valence electrons. The van der Waals surface area contributed by atoms with Crippen molar-refractivity contribution < 1.29 is 19.5 Å². The zero-order valence-corrected chi connectivity index (χ0v) is 18.8. The van der Waals surface area contributed by atoms with Gasteiger partial charge in [0.15, 0.2) is 0 Å². The Hall–Kier alpha value is -3.49.